The highest BCUT2D eigenvalue weighted by Gasteiger charge is 2.37. The van der Waals surface area contributed by atoms with Gasteiger partial charge in [-0.25, -0.2) is 0 Å². The summed E-state index contributed by atoms with van der Waals surface area (Å²) in [7, 11) is -1.44. The summed E-state index contributed by atoms with van der Waals surface area (Å²) in [5.41, 5.74) is 4.20. The van der Waals surface area contributed by atoms with Gasteiger partial charge in [0.2, 0.25) is 0 Å². The highest BCUT2D eigenvalue weighted by molar-refractivity contribution is 8.03. The molecular formula is C17H15BO2S. The molecule has 2 aliphatic carbocycles. The number of allylic oxidation sites excluding steroid dienone is 4. The zero-order valence-electron chi connectivity index (χ0n) is 11.8. The fourth-order valence-corrected chi connectivity index (χ4v) is 4.89. The maximum absolute atomic E-state index is 9.75. The third-order valence-electron chi connectivity index (χ3n) is 4.47. The van der Waals surface area contributed by atoms with Gasteiger partial charge >= 0.3 is 7.12 Å². The molecule has 1 aliphatic heterocycles. The Morgan fingerprint density at radius 1 is 1.33 bits per heavy atom. The number of fused-ring (bicyclic) bond motifs is 5. The maximum Gasteiger partial charge on any atom is 0.489 e. The average molecular weight is 294 g/mol. The minimum absolute atomic E-state index is 0.366. The summed E-state index contributed by atoms with van der Waals surface area (Å²) >= 11 is 1.69. The van der Waals surface area contributed by atoms with Gasteiger partial charge in [0, 0.05) is 22.8 Å². The molecule has 2 nitrogen and oxygen atoms in total. The summed E-state index contributed by atoms with van der Waals surface area (Å²) in [5, 5.41) is 19.5. The molecule has 0 saturated heterocycles. The fraction of sp³-hybridized carbons (Fsp3) is 0.294. The minimum Gasteiger partial charge on any atom is -0.423 e. The van der Waals surface area contributed by atoms with Crippen molar-refractivity contribution in [2.75, 3.05) is 0 Å². The number of hydrogen-bond donors (Lipinski definition) is 2. The molecule has 3 aliphatic rings. The minimum atomic E-state index is -1.44. The molecule has 1 heterocycles. The van der Waals surface area contributed by atoms with Gasteiger partial charge in [-0.15, -0.1) is 0 Å². The smallest absolute Gasteiger partial charge is 0.423 e. The van der Waals surface area contributed by atoms with E-state index in [-0.39, 0.29) is 0 Å². The van der Waals surface area contributed by atoms with Crippen LogP contribution in [0.5, 0.6) is 0 Å². The summed E-state index contributed by atoms with van der Waals surface area (Å²) in [6.45, 7) is 2.22. The Labute approximate surface area is 129 Å². The second-order valence-electron chi connectivity index (χ2n) is 5.84. The molecule has 2 unspecified atom stereocenters. The molecule has 0 spiro atoms. The van der Waals surface area contributed by atoms with E-state index in [9.17, 15) is 10.0 Å². The topological polar surface area (TPSA) is 40.5 Å². The quantitative estimate of drug-likeness (QED) is 0.616. The Morgan fingerprint density at radius 2 is 2.19 bits per heavy atom. The predicted octanol–water partition coefficient (Wildman–Crippen LogP) is 2.26. The van der Waals surface area contributed by atoms with Gasteiger partial charge in [0.1, 0.15) is 0 Å². The Balaban J connectivity index is 2.02. The van der Waals surface area contributed by atoms with E-state index >= 15 is 0 Å². The standard InChI is InChI=1S/C17H15BO2S/c1-10-5-4-6-11-9-13(18(19)20)17-16(15(10)11)12-7-2-3-8-14(12)21-17/h2-3,8-10,12,19-20H,5,7H2,1H3. The van der Waals surface area contributed by atoms with E-state index < -0.39 is 7.12 Å². The van der Waals surface area contributed by atoms with Crippen LogP contribution in [0.2, 0.25) is 0 Å². The van der Waals surface area contributed by atoms with Gasteiger partial charge in [-0.3, -0.25) is 0 Å². The molecule has 0 amide bonds. The van der Waals surface area contributed by atoms with Gasteiger partial charge in [-0.05, 0) is 39.9 Å². The first-order valence-corrected chi connectivity index (χ1v) is 8.08. The first-order chi connectivity index (χ1) is 10.2. The van der Waals surface area contributed by atoms with Crippen LogP contribution in [0.4, 0.5) is 0 Å². The van der Waals surface area contributed by atoms with Crippen molar-refractivity contribution in [3.8, 4) is 11.8 Å². The summed E-state index contributed by atoms with van der Waals surface area (Å²) in [6.07, 6.45) is 8.31. The van der Waals surface area contributed by atoms with Crippen molar-refractivity contribution in [3.05, 3.63) is 45.9 Å². The Bertz CT molecular complexity index is 752. The Morgan fingerprint density at radius 3 is 3.00 bits per heavy atom. The molecule has 0 radical (unpaired) electrons. The van der Waals surface area contributed by atoms with E-state index in [2.05, 4.69) is 37.0 Å². The molecule has 4 rings (SSSR count). The molecule has 1 aromatic carbocycles. The second-order valence-corrected chi connectivity index (χ2v) is 6.92. The van der Waals surface area contributed by atoms with Crippen LogP contribution in [0.15, 0.2) is 34.1 Å². The SMILES string of the molecule is CC1CC#Cc2cc(B(O)O)c3c(c21)C1CC=CC=C1S3. The van der Waals surface area contributed by atoms with E-state index in [0.717, 1.165) is 23.3 Å². The van der Waals surface area contributed by atoms with E-state index in [0.29, 0.717) is 17.3 Å². The second kappa shape index (κ2) is 4.81. The molecule has 21 heavy (non-hydrogen) atoms. The first kappa shape index (κ1) is 13.3. The fourth-order valence-electron chi connectivity index (χ4n) is 3.50. The van der Waals surface area contributed by atoms with Crippen molar-refractivity contribution in [2.24, 2.45) is 0 Å². The van der Waals surface area contributed by atoms with Crippen molar-refractivity contribution >= 4 is 24.3 Å². The molecular weight excluding hydrogens is 279 g/mol. The van der Waals surface area contributed by atoms with Gasteiger partial charge in [0.05, 0.1) is 0 Å². The average Bonchev–Trinajstić information content (AvgIpc) is 2.85. The summed E-state index contributed by atoms with van der Waals surface area (Å²) in [6, 6.07) is 1.87. The highest BCUT2D eigenvalue weighted by atomic mass is 32.2. The summed E-state index contributed by atoms with van der Waals surface area (Å²) in [4.78, 5) is 2.35. The van der Waals surface area contributed by atoms with Crippen LogP contribution in [0.25, 0.3) is 0 Å². The lowest BCUT2D eigenvalue weighted by Gasteiger charge is -2.24. The van der Waals surface area contributed by atoms with Crippen LogP contribution in [0, 0.1) is 11.8 Å². The predicted molar refractivity (Wildman–Crippen MR) is 86.6 cm³/mol. The number of thioether (sulfide) groups is 1. The Kier molecular flexibility index (Phi) is 3.04. The van der Waals surface area contributed by atoms with Crippen LogP contribution in [0.1, 0.15) is 48.3 Å². The molecule has 4 heteroatoms. The van der Waals surface area contributed by atoms with Crippen molar-refractivity contribution in [1.29, 1.82) is 0 Å². The third-order valence-corrected chi connectivity index (χ3v) is 5.79. The lowest BCUT2D eigenvalue weighted by Crippen LogP contribution is -2.33. The molecule has 2 N–H and O–H groups in total. The van der Waals surface area contributed by atoms with Gasteiger partial charge in [-0.2, -0.15) is 0 Å². The van der Waals surface area contributed by atoms with Crippen molar-refractivity contribution < 1.29 is 10.0 Å². The van der Waals surface area contributed by atoms with Gasteiger partial charge in [0.15, 0.2) is 0 Å². The van der Waals surface area contributed by atoms with E-state index in [1.807, 2.05) is 6.07 Å². The number of hydrogen-bond acceptors (Lipinski definition) is 3. The molecule has 1 aromatic rings. The van der Waals surface area contributed by atoms with Crippen molar-refractivity contribution in [1.82, 2.24) is 0 Å². The van der Waals surface area contributed by atoms with Gasteiger partial charge < -0.3 is 10.0 Å². The normalized spacial score (nSPS) is 24.4. The highest BCUT2D eigenvalue weighted by Crippen LogP contribution is 2.54. The van der Waals surface area contributed by atoms with Gasteiger partial charge in [-0.1, -0.05) is 48.8 Å². The van der Waals surface area contributed by atoms with Crippen molar-refractivity contribution in [3.63, 3.8) is 0 Å². The zero-order chi connectivity index (χ0) is 14.6. The molecule has 0 bridgehead atoms. The van der Waals surface area contributed by atoms with E-state index in [4.69, 9.17) is 0 Å². The molecule has 0 fully saturated rings. The summed E-state index contributed by atoms with van der Waals surface area (Å²) < 4.78 is 0. The lowest BCUT2D eigenvalue weighted by molar-refractivity contribution is 0.424. The van der Waals surface area contributed by atoms with E-state index in [1.165, 1.54) is 16.0 Å². The van der Waals surface area contributed by atoms with Crippen LogP contribution in [-0.2, 0) is 0 Å². The van der Waals surface area contributed by atoms with E-state index in [1.54, 1.807) is 11.8 Å². The number of rotatable bonds is 1. The molecule has 0 saturated carbocycles. The Hall–Kier alpha value is -1.41. The maximum atomic E-state index is 9.75. The summed E-state index contributed by atoms with van der Waals surface area (Å²) in [5.74, 6) is 7.14. The zero-order valence-corrected chi connectivity index (χ0v) is 12.6. The van der Waals surface area contributed by atoms with Gasteiger partial charge in [0.25, 0.3) is 0 Å². The first-order valence-electron chi connectivity index (χ1n) is 7.27. The van der Waals surface area contributed by atoms with Crippen molar-refractivity contribution in [2.45, 2.75) is 36.5 Å². The lowest BCUT2D eigenvalue weighted by atomic mass is 9.72. The largest absolute Gasteiger partial charge is 0.489 e. The molecule has 0 aromatic heterocycles. The number of benzene rings is 1. The third kappa shape index (κ3) is 1.92. The molecule has 2 atom stereocenters. The monoisotopic (exact) mass is 294 g/mol. The molecule has 104 valence electrons. The van der Waals surface area contributed by atoms with Crippen LogP contribution < -0.4 is 5.46 Å². The van der Waals surface area contributed by atoms with Crippen LogP contribution in [0.3, 0.4) is 0 Å². The van der Waals surface area contributed by atoms with Crippen LogP contribution >= 0.6 is 11.8 Å². The van der Waals surface area contributed by atoms with Crippen LogP contribution in [-0.4, -0.2) is 17.2 Å².